The zero-order valence-electron chi connectivity index (χ0n) is 12.1. The smallest absolute Gasteiger partial charge is 0.219 e. The van der Waals surface area contributed by atoms with Gasteiger partial charge in [-0.3, -0.25) is 20.2 Å². The Balaban J connectivity index is 1.43. The lowest BCUT2D eigenvalue weighted by molar-refractivity contribution is 0.973. The fraction of sp³-hybridized carbons (Fsp3) is 0. The van der Waals surface area contributed by atoms with Gasteiger partial charge in [0, 0.05) is 35.9 Å². The second kappa shape index (κ2) is 6.81. The van der Waals surface area contributed by atoms with Gasteiger partial charge in [-0.1, -0.05) is 0 Å². The Morgan fingerprint density at radius 2 is 1.21 bits per heavy atom. The van der Waals surface area contributed by atoms with Crippen molar-refractivity contribution in [2.45, 2.75) is 10.3 Å². The van der Waals surface area contributed by atoms with Crippen LogP contribution in [0.15, 0.2) is 59.4 Å². The SMILES string of the molecule is c1cncc(-c2nc(SSc3n[nH]c(-c4cccnc4)n3)n[nH]2)c1. The molecule has 0 spiro atoms. The summed E-state index contributed by atoms with van der Waals surface area (Å²) < 4.78 is 0. The third kappa shape index (κ3) is 3.29. The van der Waals surface area contributed by atoms with E-state index in [1.807, 2.05) is 24.3 Å². The first kappa shape index (κ1) is 14.8. The molecule has 4 aromatic heterocycles. The van der Waals surface area contributed by atoms with Crippen LogP contribution in [0.5, 0.6) is 0 Å². The third-order valence-corrected chi connectivity index (χ3v) is 4.88. The number of aromatic amines is 2. The second-order valence-electron chi connectivity index (χ2n) is 4.58. The van der Waals surface area contributed by atoms with Gasteiger partial charge < -0.3 is 0 Å². The number of rotatable bonds is 5. The summed E-state index contributed by atoms with van der Waals surface area (Å²) in [6, 6.07) is 7.55. The van der Waals surface area contributed by atoms with E-state index in [1.165, 1.54) is 21.6 Å². The zero-order chi connectivity index (χ0) is 16.2. The van der Waals surface area contributed by atoms with Gasteiger partial charge >= 0.3 is 0 Å². The van der Waals surface area contributed by atoms with Crippen LogP contribution in [0.3, 0.4) is 0 Å². The summed E-state index contributed by atoms with van der Waals surface area (Å²) in [5.41, 5.74) is 1.78. The van der Waals surface area contributed by atoms with Gasteiger partial charge in [-0.15, -0.1) is 10.2 Å². The molecule has 0 aliphatic carbocycles. The van der Waals surface area contributed by atoms with Gasteiger partial charge in [0.2, 0.25) is 10.3 Å². The topological polar surface area (TPSA) is 109 Å². The Labute approximate surface area is 144 Å². The Bertz CT molecular complexity index is 844. The van der Waals surface area contributed by atoms with E-state index in [-0.39, 0.29) is 0 Å². The van der Waals surface area contributed by atoms with Crippen LogP contribution in [0.4, 0.5) is 0 Å². The lowest BCUT2D eigenvalue weighted by atomic mass is 10.3. The van der Waals surface area contributed by atoms with Crippen LogP contribution in [0.2, 0.25) is 0 Å². The fourth-order valence-electron chi connectivity index (χ4n) is 1.91. The molecule has 24 heavy (non-hydrogen) atoms. The molecule has 8 nitrogen and oxygen atoms in total. The van der Waals surface area contributed by atoms with E-state index in [0.29, 0.717) is 22.0 Å². The Morgan fingerprint density at radius 1 is 0.708 bits per heavy atom. The summed E-state index contributed by atoms with van der Waals surface area (Å²) >= 11 is 0. The average molecular weight is 354 g/mol. The first-order chi connectivity index (χ1) is 11.9. The molecule has 0 atom stereocenters. The highest BCUT2D eigenvalue weighted by Gasteiger charge is 2.10. The highest BCUT2D eigenvalue weighted by molar-refractivity contribution is 8.76. The Kier molecular flexibility index (Phi) is 4.21. The van der Waals surface area contributed by atoms with Crippen LogP contribution in [0.1, 0.15) is 0 Å². The molecule has 0 saturated heterocycles. The van der Waals surface area contributed by atoms with E-state index in [2.05, 4.69) is 40.3 Å². The normalized spacial score (nSPS) is 10.8. The van der Waals surface area contributed by atoms with Crippen LogP contribution in [0, 0.1) is 0 Å². The molecule has 0 radical (unpaired) electrons. The molecule has 0 bridgehead atoms. The summed E-state index contributed by atoms with van der Waals surface area (Å²) in [5.74, 6) is 1.36. The zero-order valence-corrected chi connectivity index (χ0v) is 13.8. The number of aromatic nitrogens is 8. The van der Waals surface area contributed by atoms with E-state index in [1.54, 1.807) is 24.8 Å². The van der Waals surface area contributed by atoms with Crippen molar-refractivity contribution >= 4 is 21.6 Å². The third-order valence-electron chi connectivity index (χ3n) is 2.99. The molecular weight excluding hydrogens is 344 g/mol. The summed E-state index contributed by atoms with van der Waals surface area (Å²) in [4.78, 5) is 17.0. The molecular formula is C14H10N8S2. The number of hydrogen-bond acceptors (Lipinski definition) is 8. The van der Waals surface area contributed by atoms with Crippen molar-refractivity contribution in [2.24, 2.45) is 0 Å². The predicted octanol–water partition coefficient (Wildman–Crippen LogP) is 2.85. The monoisotopic (exact) mass is 354 g/mol. The van der Waals surface area contributed by atoms with Gasteiger partial charge in [0.15, 0.2) is 11.6 Å². The molecule has 2 N–H and O–H groups in total. The molecule has 0 saturated carbocycles. The van der Waals surface area contributed by atoms with E-state index in [4.69, 9.17) is 0 Å². The van der Waals surface area contributed by atoms with Crippen LogP contribution in [0.25, 0.3) is 22.8 Å². The molecule has 0 aliphatic heterocycles. The summed E-state index contributed by atoms with van der Waals surface area (Å²) in [6.45, 7) is 0. The van der Waals surface area contributed by atoms with E-state index >= 15 is 0 Å². The molecule has 0 aromatic carbocycles. The van der Waals surface area contributed by atoms with Crippen LogP contribution in [-0.2, 0) is 0 Å². The molecule has 0 aliphatic rings. The molecule has 4 heterocycles. The maximum absolute atomic E-state index is 4.42. The highest BCUT2D eigenvalue weighted by Crippen LogP contribution is 2.34. The van der Waals surface area contributed by atoms with Crippen LogP contribution < -0.4 is 0 Å². The minimum Gasteiger partial charge on any atom is -0.264 e. The van der Waals surface area contributed by atoms with Crippen molar-refractivity contribution in [3.63, 3.8) is 0 Å². The van der Waals surface area contributed by atoms with Crippen molar-refractivity contribution in [3.8, 4) is 22.8 Å². The van der Waals surface area contributed by atoms with Crippen LogP contribution >= 0.6 is 21.6 Å². The molecule has 118 valence electrons. The molecule has 10 heteroatoms. The average Bonchev–Trinajstić information content (AvgIpc) is 3.31. The number of hydrogen-bond donors (Lipinski definition) is 2. The lowest BCUT2D eigenvalue weighted by Gasteiger charge is -1.92. The quantitative estimate of drug-likeness (QED) is 0.527. The summed E-state index contributed by atoms with van der Waals surface area (Å²) in [7, 11) is 2.76. The largest absolute Gasteiger partial charge is 0.264 e. The first-order valence-corrected chi connectivity index (χ1v) is 9.03. The number of pyridine rings is 2. The number of nitrogens with zero attached hydrogens (tertiary/aromatic N) is 6. The number of H-pyrrole nitrogens is 2. The van der Waals surface area contributed by atoms with Crippen molar-refractivity contribution in [1.82, 2.24) is 40.3 Å². The van der Waals surface area contributed by atoms with Gasteiger partial charge in [0.25, 0.3) is 0 Å². The molecule has 4 aromatic rings. The maximum Gasteiger partial charge on any atom is 0.219 e. The summed E-state index contributed by atoms with van der Waals surface area (Å²) in [5, 5.41) is 15.4. The van der Waals surface area contributed by atoms with Crippen LogP contribution in [-0.4, -0.2) is 40.3 Å². The van der Waals surface area contributed by atoms with Gasteiger partial charge in [-0.25, -0.2) is 9.97 Å². The van der Waals surface area contributed by atoms with Gasteiger partial charge in [-0.2, -0.15) is 0 Å². The molecule has 0 unspecified atom stereocenters. The minimum absolute atomic E-state index is 0.603. The van der Waals surface area contributed by atoms with Gasteiger partial charge in [0.1, 0.15) is 0 Å². The van der Waals surface area contributed by atoms with E-state index in [0.717, 1.165) is 11.1 Å². The van der Waals surface area contributed by atoms with Gasteiger partial charge in [0.05, 0.1) is 0 Å². The standard InChI is InChI=1S/C14H10N8S2/c1-3-9(7-15-5-1)11-17-13(21-19-11)23-24-14-18-12(20-22-14)10-4-2-6-16-8-10/h1-8H,(H,17,19,21)(H,18,20,22). The van der Waals surface area contributed by atoms with Crippen molar-refractivity contribution in [1.29, 1.82) is 0 Å². The molecule has 0 fully saturated rings. The summed E-state index contributed by atoms with van der Waals surface area (Å²) in [6.07, 6.45) is 6.90. The van der Waals surface area contributed by atoms with Crippen molar-refractivity contribution in [3.05, 3.63) is 49.1 Å². The highest BCUT2D eigenvalue weighted by atomic mass is 33.1. The first-order valence-electron chi connectivity index (χ1n) is 6.88. The predicted molar refractivity (Wildman–Crippen MR) is 90.9 cm³/mol. The van der Waals surface area contributed by atoms with E-state index < -0.39 is 0 Å². The molecule has 4 rings (SSSR count). The Hall–Kier alpha value is -2.72. The maximum atomic E-state index is 4.42. The molecule has 0 amide bonds. The second-order valence-corrected chi connectivity index (χ2v) is 6.65. The van der Waals surface area contributed by atoms with E-state index in [9.17, 15) is 0 Å². The fourth-order valence-corrected chi connectivity index (χ4v) is 3.37. The van der Waals surface area contributed by atoms with Gasteiger partial charge in [-0.05, 0) is 45.9 Å². The van der Waals surface area contributed by atoms with Crippen molar-refractivity contribution < 1.29 is 0 Å². The minimum atomic E-state index is 0.603. The Morgan fingerprint density at radius 3 is 1.62 bits per heavy atom. The van der Waals surface area contributed by atoms with Crippen molar-refractivity contribution in [2.75, 3.05) is 0 Å². The lowest BCUT2D eigenvalue weighted by Crippen LogP contribution is -1.81. The number of nitrogens with one attached hydrogen (secondary N) is 2.